The number of aromatic nitrogens is 3. The van der Waals surface area contributed by atoms with Crippen LogP contribution in [-0.4, -0.2) is 15.2 Å². The Morgan fingerprint density at radius 3 is 3.18 bits per heavy atom. The Bertz CT molecular complexity index is 630. The predicted octanol–water partition coefficient (Wildman–Crippen LogP) is 2.91. The number of hydrogen-bond acceptors (Lipinski definition) is 4. The van der Waals surface area contributed by atoms with Gasteiger partial charge in [-0.2, -0.15) is 5.10 Å². The number of benzene rings is 1. The van der Waals surface area contributed by atoms with Gasteiger partial charge < -0.3 is 4.74 Å². The second-order valence-corrected chi connectivity index (χ2v) is 4.56. The van der Waals surface area contributed by atoms with Gasteiger partial charge in [-0.3, -0.25) is 5.10 Å². The van der Waals surface area contributed by atoms with Crippen molar-refractivity contribution in [3.8, 4) is 5.75 Å². The van der Waals surface area contributed by atoms with Crippen molar-refractivity contribution in [2.75, 3.05) is 0 Å². The highest BCUT2D eigenvalue weighted by molar-refractivity contribution is 7.07. The average molecular weight is 245 g/mol. The Balaban J connectivity index is 1.86. The van der Waals surface area contributed by atoms with E-state index in [0.29, 0.717) is 6.61 Å². The summed E-state index contributed by atoms with van der Waals surface area (Å²) >= 11 is 1.58. The first-order valence-corrected chi connectivity index (χ1v) is 6.21. The summed E-state index contributed by atoms with van der Waals surface area (Å²) in [4.78, 5) is 4.19. The van der Waals surface area contributed by atoms with Crippen molar-refractivity contribution in [1.29, 1.82) is 0 Å². The van der Waals surface area contributed by atoms with Crippen LogP contribution >= 0.6 is 11.3 Å². The van der Waals surface area contributed by atoms with E-state index in [0.717, 1.165) is 27.9 Å². The molecule has 0 amide bonds. The largest absolute Gasteiger partial charge is 0.487 e. The summed E-state index contributed by atoms with van der Waals surface area (Å²) in [6, 6.07) is 4.04. The van der Waals surface area contributed by atoms with E-state index < -0.39 is 0 Å². The third-order valence-electron chi connectivity index (χ3n) is 2.59. The molecule has 2 heterocycles. The summed E-state index contributed by atoms with van der Waals surface area (Å²) in [7, 11) is 0. The Morgan fingerprint density at radius 2 is 2.35 bits per heavy atom. The summed E-state index contributed by atoms with van der Waals surface area (Å²) in [5.41, 5.74) is 4.86. The number of aromatic amines is 1. The Labute approximate surface area is 102 Å². The third kappa shape index (κ3) is 2.01. The highest BCUT2D eigenvalue weighted by Crippen LogP contribution is 2.24. The molecule has 0 spiro atoms. The maximum atomic E-state index is 5.76. The lowest BCUT2D eigenvalue weighted by molar-refractivity contribution is 0.300. The fraction of sp³-hybridized carbons (Fsp3) is 0.167. The molecule has 0 saturated heterocycles. The standard InChI is InChI=1S/C12H11N3OS/c1-8-2-9-4-14-15-11(9)3-12(8)16-5-10-6-17-7-13-10/h2-4,6-7H,5H2,1H3,(H,14,15). The second-order valence-electron chi connectivity index (χ2n) is 3.84. The smallest absolute Gasteiger partial charge is 0.131 e. The van der Waals surface area contributed by atoms with Crippen LogP contribution in [0.1, 0.15) is 11.3 Å². The van der Waals surface area contributed by atoms with Crippen molar-refractivity contribution in [2.45, 2.75) is 13.5 Å². The lowest BCUT2D eigenvalue weighted by Crippen LogP contribution is -1.97. The number of ether oxygens (including phenoxy) is 1. The topological polar surface area (TPSA) is 50.8 Å². The highest BCUT2D eigenvalue weighted by atomic mass is 32.1. The van der Waals surface area contributed by atoms with Crippen molar-refractivity contribution in [3.05, 3.63) is 40.5 Å². The van der Waals surface area contributed by atoms with Crippen LogP contribution in [0.4, 0.5) is 0 Å². The molecule has 86 valence electrons. The minimum Gasteiger partial charge on any atom is -0.487 e. The van der Waals surface area contributed by atoms with E-state index in [2.05, 4.69) is 21.2 Å². The van der Waals surface area contributed by atoms with E-state index in [1.807, 2.05) is 30.1 Å². The van der Waals surface area contributed by atoms with Crippen LogP contribution in [0.2, 0.25) is 0 Å². The van der Waals surface area contributed by atoms with Crippen LogP contribution in [0.25, 0.3) is 10.9 Å². The molecule has 0 atom stereocenters. The molecule has 0 radical (unpaired) electrons. The summed E-state index contributed by atoms with van der Waals surface area (Å²) in [5.74, 6) is 0.870. The van der Waals surface area contributed by atoms with Crippen LogP contribution in [0.15, 0.2) is 29.2 Å². The van der Waals surface area contributed by atoms with Crippen molar-refractivity contribution in [2.24, 2.45) is 0 Å². The summed E-state index contributed by atoms with van der Waals surface area (Å²) in [6.07, 6.45) is 1.81. The van der Waals surface area contributed by atoms with E-state index in [1.165, 1.54) is 0 Å². The number of nitrogens with one attached hydrogen (secondary N) is 1. The van der Waals surface area contributed by atoms with E-state index in [9.17, 15) is 0 Å². The molecule has 0 unspecified atom stereocenters. The Kier molecular flexibility index (Phi) is 2.53. The number of H-pyrrole nitrogens is 1. The molecule has 3 aromatic rings. The zero-order valence-electron chi connectivity index (χ0n) is 9.30. The molecule has 0 fully saturated rings. The molecule has 17 heavy (non-hydrogen) atoms. The molecular formula is C12H11N3OS. The minimum atomic E-state index is 0.504. The van der Waals surface area contributed by atoms with E-state index >= 15 is 0 Å². The quantitative estimate of drug-likeness (QED) is 0.772. The van der Waals surface area contributed by atoms with Gasteiger partial charge in [0, 0.05) is 16.8 Å². The minimum absolute atomic E-state index is 0.504. The number of fused-ring (bicyclic) bond motifs is 1. The number of hydrogen-bond donors (Lipinski definition) is 1. The summed E-state index contributed by atoms with van der Waals surface area (Å²) in [5, 5.41) is 10.0. The maximum absolute atomic E-state index is 5.76. The molecule has 4 nitrogen and oxygen atoms in total. The lowest BCUT2D eigenvalue weighted by atomic mass is 10.1. The van der Waals surface area contributed by atoms with Gasteiger partial charge in [0.1, 0.15) is 12.4 Å². The van der Waals surface area contributed by atoms with Crippen molar-refractivity contribution in [3.63, 3.8) is 0 Å². The molecule has 1 N–H and O–H groups in total. The van der Waals surface area contributed by atoms with Gasteiger partial charge in [-0.15, -0.1) is 11.3 Å². The lowest BCUT2D eigenvalue weighted by Gasteiger charge is -2.07. The van der Waals surface area contributed by atoms with E-state index in [1.54, 1.807) is 11.3 Å². The normalized spacial score (nSPS) is 10.9. The number of aryl methyl sites for hydroxylation is 1. The van der Waals surface area contributed by atoms with Gasteiger partial charge in [0.05, 0.1) is 22.9 Å². The number of nitrogens with zero attached hydrogens (tertiary/aromatic N) is 2. The van der Waals surface area contributed by atoms with Crippen LogP contribution in [-0.2, 0) is 6.61 Å². The molecule has 0 aliphatic carbocycles. The first kappa shape index (κ1) is 10.3. The second kappa shape index (κ2) is 4.18. The van der Waals surface area contributed by atoms with Crippen molar-refractivity contribution in [1.82, 2.24) is 15.2 Å². The summed E-state index contributed by atoms with van der Waals surface area (Å²) in [6.45, 7) is 2.53. The van der Waals surface area contributed by atoms with Crippen LogP contribution in [0.5, 0.6) is 5.75 Å². The fourth-order valence-electron chi connectivity index (χ4n) is 1.70. The van der Waals surface area contributed by atoms with Gasteiger partial charge in [-0.1, -0.05) is 0 Å². The van der Waals surface area contributed by atoms with Gasteiger partial charge in [0.2, 0.25) is 0 Å². The van der Waals surface area contributed by atoms with Gasteiger partial charge in [0.25, 0.3) is 0 Å². The first-order chi connectivity index (χ1) is 8.33. The van der Waals surface area contributed by atoms with Gasteiger partial charge in [0.15, 0.2) is 0 Å². The van der Waals surface area contributed by atoms with Crippen LogP contribution in [0, 0.1) is 6.92 Å². The number of thiazole rings is 1. The molecule has 0 saturated carbocycles. The number of rotatable bonds is 3. The molecule has 3 rings (SSSR count). The molecular weight excluding hydrogens is 234 g/mol. The third-order valence-corrected chi connectivity index (χ3v) is 3.23. The van der Waals surface area contributed by atoms with E-state index in [-0.39, 0.29) is 0 Å². The SMILES string of the molecule is Cc1cc2cn[nH]c2cc1OCc1cscn1. The van der Waals surface area contributed by atoms with Crippen molar-refractivity contribution < 1.29 is 4.74 Å². The van der Waals surface area contributed by atoms with Gasteiger partial charge >= 0.3 is 0 Å². The molecule has 0 aliphatic rings. The Morgan fingerprint density at radius 1 is 1.41 bits per heavy atom. The van der Waals surface area contributed by atoms with Crippen molar-refractivity contribution >= 4 is 22.2 Å². The van der Waals surface area contributed by atoms with Gasteiger partial charge in [-0.25, -0.2) is 4.98 Å². The maximum Gasteiger partial charge on any atom is 0.131 e. The fourth-order valence-corrected chi connectivity index (χ4v) is 2.24. The zero-order chi connectivity index (χ0) is 11.7. The van der Waals surface area contributed by atoms with Gasteiger partial charge in [-0.05, 0) is 18.6 Å². The Hall–Kier alpha value is -1.88. The predicted molar refractivity (Wildman–Crippen MR) is 67.3 cm³/mol. The molecule has 0 bridgehead atoms. The first-order valence-electron chi connectivity index (χ1n) is 5.26. The van der Waals surface area contributed by atoms with Crippen LogP contribution in [0.3, 0.4) is 0 Å². The highest BCUT2D eigenvalue weighted by Gasteiger charge is 2.05. The zero-order valence-corrected chi connectivity index (χ0v) is 10.1. The monoisotopic (exact) mass is 245 g/mol. The molecule has 2 aromatic heterocycles. The molecule has 0 aliphatic heterocycles. The molecule has 1 aromatic carbocycles. The van der Waals surface area contributed by atoms with Crippen LogP contribution < -0.4 is 4.74 Å². The molecule has 5 heteroatoms. The summed E-state index contributed by atoms with van der Waals surface area (Å²) < 4.78 is 5.76. The van der Waals surface area contributed by atoms with E-state index in [4.69, 9.17) is 4.74 Å². The average Bonchev–Trinajstić information content (AvgIpc) is 2.95.